The molecule has 1 aliphatic rings. The summed E-state index contributed by atoms with van der Waals surface area (Å²) in [4.78, 5) is 4.28. The third kappa shape index (κ3) is 2.08. The summed E-state index contributed by atoms with van der Waals surface area (Å²) in [7, 11) is 0. The first-order chi connectivity index (χ1) is 7.19. The van der Waals surface area contributed by atoms with Crippen molar-refractivity contribution in [3.8, 4) is 6.07 Å². The smallest absolute Gasteiger partial charge is 0.144 e. The lowest BCUT2D eigenvalue weighted by atomic mass is 9.89. The average molecular weight is 203 g/mol. The minimum atomic E-state index is -0.196. The van der Waals surface area contributed by atoms with Crippen LogP contribution in [0.2, 0.25) is 0 Å². The fourth-order valence-electron chi connectivity index (χ4n) is 1.66. The third-order valence-corrected chi connectivity index (χ3v) is 2.61. The molecule has 0 spiro atoms. The Morgan fingerprint density at radius 3 is 2.87 bits per heavy atom. The van der Waals surface area contributed by atoms with Gasteiger partial charge in [-0.05, 0) is 31.9 Å². The predicted molar refractivity (Wildman–Crippen MR) is 56.3 cm³/mol. The SMILES string of the molecule is Cc1ccc(C#N)c(NC2CC(O)C2)n1. The summed E-state index contributed by atoms with van der Waals surface area (Å²) < 4.78 is 0. The van der Waals surface area contributed by atoms with Crippen LogP contribution in [-0.2, 0) is 0 Å². The molecule has 2 N–H and O–H groups in total. The van der Waals surface area contributed by atoms with Gasteiger partial charge in [0.25, 0.3) is 0 Å². The van der Waals surface area contributed by atoms with Crippen molar-refractivity contribution in [1.82, 2.24) is 4.98 Å². The number of nitrogens with zero attached hydrogens (tertiary/aromatic N) is 2. The maximum Gasteiger partial charge on any atom is 0.144 e. The molecular formula is C11H13N3O. The molecule has 78 valence electrons. The number of nitriles is 1. The topological polar surface area (TPSA) is 68.9 Å². The van der Waals surface area contributed by atoms with Crippen molar-refractivity contribution in [3.05, 3.63) is 23.4 Å². The van der Waals surface area contributed by atoms with Gasteiger partial charge in [-0.25, -0.2) is 4.98 Å². The van der Waals surface area contributed by atoms with Gasteiger partial charge in [-0.3, -0.25) is 0 Å². The van der Waals surface area contributed by atoms with Gasteiger partial charge in [-0.1, -0.05) is 0 Å². The second kappa shape index (κ2) is 3.87. The lowest BCUT2D eigenvalue weighted by Gasteiger charge is -2.32. The van der Waals surface area contributed by atoms with Gasteiger partial charge >= 0.3 is 0 Å². The number of aryl methyl sites for hydroxylation is 1. The Morgan fingerprint density at radius 2 is 2.27 bits per heavy atom. The number of aliphatic hydroxyl groups is 1. The number of hydrogen-bond acceptors (Lipinski definition) is 4. The highest BCUT2D eigenvalue weighted by atomic mass is 16.3. The molecule has 1 aromatic heterocycles. The molecule has 1 aromatic rings. The fourth-order valence-corrected chi connectivity index (χ4v) is 1.66. The number of nitrogens with one attached hydrogen (secondary N) is 1. The van der Waals surface area contributed by atoms with Crippen molar-refractivity contribution in [2.75, 3.05) is 5.32 Å². The van der Waals surface area contributed by atoms with E-state index in [0.717, 1.165) is 18.5 Å². The van der Waals surface area contributed by atoms with Crippen molar-refractivity contribution in [3.63, 3.8) is 0 Å². The van der Waals surface area contributed by atoms with Gasteiger partial charge in [-0.15, -0.1) is 0 Å². The predicted octanol–water partition coefficient (Wildman–Crippen LogP) is 1.20. The van der Waals surface area contributed by atoms with E-state index in [2.05, 4.69) is 16.4 Å². The van der Waals surface area contributed by atoms with Gasteiger partial charge in [-0.2, -0.15) is 5.26 Å². The molecule has 2 rings (SSSR count). The first kappa shape index (κ1) is 9.94. The van der Waals surface area contributed by atoms with Crippen molar-refractivity contribution < 1.29 is 5.11 Å². The second-order valence-corrected chi connectivity index (χ2v) is 3.93. The van der Waals surface area contributed by atoms with Crippen molar-refractivity contribution in [2.45, 2.75) is 31.9 Å². The number of rotatable bonds is 2. The summed E-state index contributed by atoms with van der Waals surface area (Å²) in [6, 6.07) is 5.93. The number of aromatic nitrogens is 1. The summed E-state index contributed by atoms with van der Waals surface area (Å²) in [5, 5.41) is 21.2. The van der Waals surface area contributed by atoms with Crippen LogP contribution < -0.4 is 5.32 Å². The molecule has 0 amide bonds. The largest absolute Gasteiger partial charge is 0.393 e. The van der Waals surface area contributed by atoms with E-state index in [0.29, 0.717) is 11.4 Å². The Hall–Kier alpha value is -1.60. The Balaban J connectivity index is 2.13. The van der Waals surface area contributed by atoms with E-state index in [-0.39, 0.29) is 12.1 Å². The van der Waals surface area contributed by atoms with E-state index in [4.69, 9.17) is 10.4 Å². The van der Waals surface area contributed by atoms with Crippen molar-refractivity contribution in [1.29, 1.82) is 5.26 Å². The average Bonchev–Trinajstić information content (AvgIpc) is 2.16. The van der Waals surface area contributed by atoms with E-state index in [9.17, 15) is 0 Å². The summed E-state index contributed by atoms with van der Waals surface area (Å²) in [6.45, 7) is 1.89. The molecule has 0 unspecified atom stereocenters. The lowest BCUT2D eigenvalue weighted by molar-refractivity contribution is 0.0835. The molecule has 4 nitrogen and oxygen atoms in total. The van der Waals surface area contributed by atoms with Gasteiger partial charge in [0.05, 0.1) is 11.7 Å². The first-order valence-corrected chi connectivity index (χ1v) is 5.01. The van der Waals surface area contributed by atoms with E-state index >= 15 is 0 Å². The molecular weight excluding hydrogens is 190 g/mol. The van der Waals surface area contributed by atoms with Gasteiger partial charge in [0.2, 0.25) is 0 Å². The van der Waals surface area contributed by atoms with Gasteiger partial charge in [0.15, 0.2) is 0 Å². The Kier molecular flexibility index (Phi) is 2.57. The molecule has 0 atom stereocenters. The van der Waals surface area contributed by atoms with Gasteiger partial charge in [0, 0.05) is 11.7 Å². The van der Waals surface area contributed by atoms with Gasteiger partial charge in [0.1, 0.15) is 11.9 Å². The lowest BCUT2D eigenvalue weighted by Crippen LogP contribution is -2.39. The molecule has 1 fully saturated rings. The zero-order valence-electron chi connectivity index (χ0n) is 8.57. The summed E-state index contributed by atoms with van der Waals surface area (Å²) in [6.07, 6.45) is 1.28. The minimum Gasteiger partial charge on any atom is -0.393 e. The maximum absolute atomic E-state index is 9.15. The first-order valence-electron chi connectivity index (χ1n) is 5.01. The normalized spacial score (nSPS) is 24.1. The summed E-state index contributed by atoms with van der Waals surface area (Å²) >= 11 is 0. The Labute approximate surface area is 88.6 Å². The quantitative estimate of drug-likeness (QED) is 0.757. The van der Waals surface area contributed by atoms with Crippen LogP contribution in [0.3, 0.4) is 0 Å². The molecule has 0 saturated heterocycles. The molecule has 0 aromatic carbocycles. The van der Waals surface area contributed by atoms with E-state index in [1.807, 2.05) is 13.0 Å². The van der Waals surface area contributed by atoms with Gasteiger partial charge < -0.3 is 10.4 Å². The van der Waals surface area contributed by atoms with Crippen LogP contribution in [0.25, 0.3) is 0 Å². The highest BCUT2D eigenvalue weighted by Gasteiger charge is 2.27. The molecule has 4 heteroatoms. The van der Waals surface area contributed by atoms with Crippen LogP contribution in [0, 0.1) is 18.3 Å². The molecule has 15 heavy (non-hydrogen) atoms. The van der Waals surface area contributed by atoms with Crippen LogP contribution >= 0.6 is 0 Å². The highest BCUT2D eigenvalue weighted by Crippen LogP contribution is 2.24. The van der Waals surface area contributed by atoms with Crippen LogP contribution in [0.1, 0.15) is 24.1 Å². The summed E-state index contributed by atoms with van der Waals surface area (Å²) in [5.74, 6) is 0.634. The maximum atomic E-state index is 9.15. The minimum absolute atomic E-state index is 0.196. The summed E-state index contributed by atoms with van der Waals surface area (Å²) in [5.41, 5.74) is 1.44. The third-order valence-electron chi connectivity index (χ3n) is 2.61. The monoisotopic (exact) mass is 203 g/mol. The zero-order chi connectivity index (χ0) is 10.8. The number of aliphatic hydroxyl groups excluding tert-OH is 1. The van der Waals surface area contributed by atoms with Crippen LogP contribution in [-0.4, -0.2) is 22.2 Å². The van der Waals surface area contributed by atoms with E-state index < -0.39 is 0 Å². The number of hydrogen-bond donors (Lipinski definition) is 2. The number of anilines is 1. The molecule has 1 heterocycles. The molecule has 1 aliphatic carbocycles. The molecule has 0 aliphatic heterocycles. The van der Waals surface area contributed by atoms with Crippen molar-refractivity contribution >= 4 is 5.82 Å². The van der Waals surface area contributed by atoms with Crippen molar-refractivity contribution in [2.24, 2.45) is 0 Å². The Morgan fingerprint density at radius 1 is 1.53 bits per heavy atom. The zero-order valence-corrected chi connectivity index (χ0v) is 8.57. The number of pyridine rings is 1. The fraction of sp³-hybridized carbons (Fsp3) is 0.455. The van der Waals surface area contributed by atoms with E-state index in [1.54, 1.807) is 6.07 Å². The highest BCUT2D eigenvalue weighted by molar-refractivity contribution is 5.53. The Bertz CT molecular complexity index is 405. The van der Waals surface area contributed by atoms with Crippen LogP contribution in [0.5, 0.6) is 0 Å². The van der Waals surface area contributed by atoms with Crippen LogP contribution in [0.15, 0.2) is 12.1 Å². The second-order valence-electron chi connectivity index (χ2n) is 3.93. The molecule has 0 radical (unpaired) electrons. The standard InChI is InChI=1S/C11H13N3O/c1-7-2-3-8(6-12)11(13-7)14-9-4-10(15)5-9/h2-3,9-10,15H,4-5H2,1H3,(H,13,14). The van der Waals surface area contributed by atoms with E-state index in [1.165, 1.54) is 0 Å². The van der Waals surface area contributed by atoms with Crippen LogP contribution in [0.4, 0.5) is 5.82 Å². The molecule has 1 saturated carbocycles. The molecule has 0 bridgehead atoms.